The molecule has 1 aliphatic heterocycles. The molecule has 1 fully saturated rings. The number of methoxy groups -OCH3 is 1. The molecule has 2 aromatic carbocycles. The van der Waals surface area contributed by atoms with E-state index in [1.54, 1.807) is 17.0 Å². The molecule has 0 aliphatic carbocycles. The first kappa shape index (κ1) is 21.6. The summed E-state index contributed by atoms with van der Waals surface area (Å²) in [6.45, 7) is 1.40. The van der Waals surface area contributed by atoms with Crippen LogP contribution in [0.15, 0.2) is 48.5 Å². The molecule has 0 spiro atoms. The second kappa shape index (κ2) is 10.1. The molecule has 1 atom stereocenters. The monoisotopic (exact) mass is 429 g/mol. The van der Waals surface area contributed by atoms with Crippen molar-refractivity contribution in [3.8, 4) is 5.75 Å². The highest BCUT2D eigenvalue weighted by atomic mass is 35.5. The molecule has 0 saturated carbocycles. The van der Waals surface area contributed by atoms with E-state index in [-0.39, 0.29) is 43.1 Å². The molecule has 1 saturated heterocycles. The van der Waals surface area contributed by atoms with Gasteiger partial charge in [0.1, 0.15) is 5.75 Å². The predicted molar refractivity (Wildman–Crippen MR) is 113 cm³/mol. The third kappa shape index (κ3) is 5.51. The van der Waals surface area contributed by atoms with Crippen LogP contribution in [0.2, 0.25) is 5.02 Å². The summed E-state index contributed by atoms with van der Waals surface area (Å²) < 4.78 is 5.17. The van der Waals surface area contributed by atoms with Crippen molar-refractivity contribution in [1.82, 2.24) is 15.5 Å². The van der Waals surface area contributed by atoms with E-state index in [1.165, 1.54) is 13.2 Å². The van der Waals surface area contributed by atoms with Gasteiger partial charge in [0, 0.05) is 37.6 Å². The number of ether oxygens (including phenoxy) is 1. The minimum absolute atomic E-state index is 0.0274. The van der Waals surface area contributed by atoms with Gasteiger partial charge in [0.25, 0.3) is 5.91 Å². The molecule has 0 radical (unpaired) electrons. The van der Waals surface area contributed by atoms with Gasteiger partial charge in [-0.15, -0.1) is 0 Å². The number of halogens is 1. The lowest BCUT2D eigenvalue weighted by Crippen LogP contribution is -2.38. The van der Waals surface area contributed by atoms with Gasteiger partial charge in [0.15, 0.2) is 0 Å². The van der Waals surface area contributed by atoms with Crippen LogP contribution in [-0.4, -0.2) is 49.4 Å². The molecule has 158 valence electrons. The number of nitrogens with zero attached hydrogens (tertiary/aromatic N) is 1. The fourth-order valence-corrected chi connectivity index (χ4v) is 3.54. The molecule has 2 N–H and O–H groups in total. The molecular weight excluding hydrogens is 406 g/mol. The van der Waals surface area contributed by atoms with Gasteiger partial charge in [-0.3, -0.25) is 14.4 Å². The van der Waals surface area contributed by atoms with Crippen LogP contribution in [0.1, 0.15) is 22.3 Å². The molecule has 1 unspecified atom stereocenters. The largest absolute Gasteiger partial charge is 0.496 e. The molecule has 0 bridgehead atoms. The minimum atomic E-state index is -0.384. The van der Waals surface area contributed by atoms with E-state index in [1.807, 2.05) is 30.3 Å². The lowest BCUT2D eigenvalue weighted by molar-refractivity contribution is -0.129. The van der Waals surface area contributed by atoms with Gasteiger partial charge in [-0.1, -0.05) is 41.9 Å². The topological polar surface area (TPSA) is 87.7 Å². The second-order valence-electron chi connectivity index (χ2n) is 7.05. The van der Waals surface area contributed by atoms with Crippen LogP contribution in [-0.2, 0) is 16.1 Å². The molecule has 1 aliphatic rings. The zero-order valence-corrected chi connectivity index (χ0v) is 17.4. The Labute approximate surface area is 180 Å². The fraction of sp³-hybridized carbons (Fsp3) is 0.318. The molecule has 0 aromatic heterocycles. The maximum absolute atomic E-state index is 12.4. The van der Waals surface area contributed by atoms with Gasteiger partial charge < -0.3 is 20.3 Å². The van der Waals surface area contributed by atoms with Gasteiger partial charge in [0.05, 0.1) is 18.6 Å². The number of nitrogens with one attached hydrogen (secondary N) is 2. The predicted octanol–water partition coefficient (Wildman–Crippen LogP) is 2.24. The lowest BCUT2D eigenvalue weighted by atomic mass is 10.1. The lowest BCUT2D eigenvalue weighted by Gasteiger charge is -2.16. The zero-order valence-electron chi connectivity index (χ0n) is 16.7. The van der Waals surface area contributed by atoms with E-state index >= 15 is 0 Å². The van der Waals surface area contributed by atoms with Crippen LogP contribution in [0.5, 0.6) is 5.75 Å². The molecule has 30 heavy (non-hydrogen) atoms. The first-order valence-electron chi connectivity index (χ1n) is 9.69. The maximum Gasteiger partial charge on any atom is 0.255 e. The Balaban J connectivity index is 1.43. The summed E-state index contributed by atoms with van der Waals surface area (Å²) in [5.74, 6) is -0.517. The van der Waals surface area contributed by atoms with Crippen molar-refractivity contribution in [1.29, 1.82) is 0 Å². The van der Waals surface area contributed by atoms with E-state index in [0.29, 0.717) is 29.4 Å². The summed E-state index contributed by atoms with van der Waals surface area (Å²) in [4.78, 5) is 38.7. The van der Waals surface area contributed by atoms with Crippen molar-refractivity contribution in [3.05, 3.63) is 64.7 Å². The Hall–Kier alpha value is -3.06. The molecule has 3 amide bonds. The number of amides is 3. The van der Waals surface area contributed by atoms with Crippen molar-refractivity contribution in [2.24, 2.45) is 5.92 Å². The van der Waals surface area contributed by atoms with Crippen molar-refractivity contribution < 1.29 is 19.1 Å². The Bertz CT molecular complexity index is 920. The Morgan fingerprint density at radius 3 is 2.60 bits per heavy atom. The second-order valence-corrected chi connectivity index (χ2v) is 7.49. The molecule has 8 heteroatoms. The molecule has 1 heterocycles. The van der Waals surface area contributed by atoms with E-state index < -0.39 is 0 Å². The normalized spacial score (nSPS) is 15.7. The van der Waals surface area contributed by atoms with Crippen LogP contribution in [0.4, 0.5) is 0 Å². The SMILES string of the molecule is COc1ccc(Cl)cc1C(=O)NCCNC(=O)C1CC(=O)N(Cc2ccccc2)C1. The standard InChI is InChI=1S/C22H24ClN3O4/c1-30-19-8-7-17(23)12-18(19)22(29)25-10-9-24-21(28)16-11-20(27)26(14-16)13-15-5-3-2-4-6-15/h2-8,12,16H,9-11,13-14H2,1H3,(H,24,28)(H,25,29). The van der Waals surface area contributed by atoms with E-state index in [4.69, 9.17) is 16.3 Å². The summed E-state index contributed by atoms with van der Waals surface area (Å²) in [5.41, 5.74) is 1.36. The summed E-state index contributed by atoms with van der Waals surface area (Å²) >= 11 is 5.94. The van der Waals surface area contributed by atoms with Crippen LogP contribution in [0.25, 0.3) is 0 Å². The van der Waals surface area contributed by atoms with E-state index in [2.05, 4.69) is 10.6 Å². The van der Waals surface area contributed by atoms with E-state index in [0.717, 1.165) is 5.56 Å². The van der Waals surface area contributed by atoms with Crippen molar-refractivity contribution in [3.63, 3.8) is 0 Å². The quantitative estimate of drug-likeness (QED) is 0.630. The van der Waals surface area contributed by atoms with E-state index in [9.17, 15) is 14.4 Å². The van der Waals surface area contributed by atoms with Crippen LogP contribution < -0.4 is 15.4 Å². The van der Waals surface area contributed by atoms with Gasteiger partial charge in [-0.05, 0) is 23.8 Å². The Morgan fingerprint density at radius 2 is 1.87 bits per heavy atom. The highest BCUT2D eigenvalue weighted by molar-refractivity contribution is 6.31. The molecular formula is C22H24ClN3O4. The fourth-order valence-electron chi connectivity index (χ4n) is 3.36. The number of carbonyl (C=O) groups is 3. The van der Waals surface area contributed by atoms with Crippen molar-refractivity contribution >= 4 is 29.3 Å². The summed E-state index contributed by atoms with van der Waals surface area (Å²) in [5, 5.41) is 5.94. The minimum Gasteiger partial charge on any atom is -0.496 e. The highest BCUT2D eigenvalue weighted by Gasteiger charge is 2.34. The number of benzene rings is 2. The number of rotatable bonds is 8. The van der Waals surface area contributed by atoms with Gasteiger partial charge in [-0.25, -0.2) is 0 Å². The molecule has 3 rings (SSSR count). The third-order valence-electron chi connectivity index (χ3n) is 4.92. The van der Waals surface area contributed by atoms with Gasteiger partial charge in [0.2, 0.25) is 11.8 Å². The van der Waals surface area contributed by atoms with Crippen LogP contribution in [0, 0.1) is 5.92 Å². The Morgan fingerprint density at radius 1 is 1.13 bits per heavy atom. The smallest absolute Gasteiger partial charge is 0.255 e. The van der Waals surface area contributed by atoms with Crippen molar-refractivity contribution in [2.75, 3.05) is 26.7 Å². The molecule has 2 aromatic rings. The maximum atomic E-state index is 12.4. The number of hydrogen-bond acceptors (Lipinski definition) is 4. The zero-order chi connectivity index (χ0) is 21.5. The summed E-state index contributed by atoms with van der Waals surface area (Å²) in [6, 6.07) is 14.5. The van der Waals surface area contributed by atoms with Gasteiger partial charge >= 0.3 is 0 Å². The first-order chi connectivity index (χ1) is 14.5. The van der Waals surface area contributed by atoms with Crippen LogP contribution >= 0.6 is 11.6 Å². The summed E-state index contributed by atoms with van der Waals surface area (Å²) in [7, 11) is 1.48. The average Bonchev–Trinajstić information content (AvgIpc) is 3.12. The van der Waals surface area contributed by atoms with Crippen LogP contribution in [0.3, 0.4) is 0 Å². The number of carbonyl (C=O) groups excluding carboxylic acids is 3. The number of hydrogen-bond donors (Lipinski definition) is 2. The highest BCUT2D eigenvalue weighted by Crippen LogP contribution is 2.22. The first-order valence-corrected chi connectivity index (χ1v) is 10.1. The summed E-state index contributed by atoms with van der Waals surface area (Å²) in [6.07, 6.45) is 0.199. The van der Waals surface area contributed by atoms with Gasteiger partial charge in [-0.2, -0.15) is 0 Å². The van der Waals surface area contributed by atoms with Crippen molar-refractivity contribution in [2.45, 2.75) is 13.0 Å². The number of likely N-dealkylation sites (tertiary alicyclic amines) is 1. The average molecular weight is 430 g/mol. The third-order valence-corrected chi connectivity index (χ3v) is 5.15. The molecule has 7 nitrogen and oxygen atoms in total. The Kier molecular flexibility index (Phi) is 7.30.